The number of alkyl halides is 3. The monoisotopic (exact) mass is 513 g/mol. The molecule has 4 rings (SSSR count). The summed E-state index contributed by atoms with van der Waals surface area (Å²) in [6.45, 7) is 1.81. The first-order valence-corrected chi connectivity index (χ1v) is 12.5. The summed E-state index contributed by atoms with van der Waals surface area (Å²) in [7, 11) is 0. The van der Waals surface area contributed by atoms with E-state index in [1.165, 1.54) is 12.1 Å². The minimum atomic E-state index is -4.43. The van der Waals surface area contributed by atoms with Gasteiger partial charge in [-0.1, -0.05) is 81.5 Å². The number of hydrogen-bond acceptors (Lipinski definition) is 3. The van der Waals surface area contributed by atoms with Gasteiger partial charge in [0.2, 0.25) is 0 Å². The van der Waals surface area contributed by atoms with Crippen molar-refractivity contribution in [1.82, 2.24) is 5.32 Å². The summed E-state index contributed by atoms with van der Waals surface area (Å²) >= 11 is 0. The molecule has 2 atom stereocenters. The van der Waals surface area contributed by atoms with Gasteiger partial charge in [-0.15, -0.1) is 0 Å². The number of carboxylic acids is 1. The minimum absolute atomic E-state index is 0.0622. The van der Waals surface area contributed by atoms with Crippen LogP contribution in [0.2, 0.25) is 0 Å². The quantitative estimate of drug-likeness (QED) is 0.346. The van der Waals surface area contributed by atoms with Crippen molar-refractivity contribution in [3.63, 3.8) is 0 Å². The van der Waals surface area contributed by atoms with Crippen molar-refractivity contribution in [2.45, 2.75) is 57.9 Å². The molecule has 0 aromatic heterocycles. The summed E-state index contributed by atoms with van der Waals surface area (Å²) in [6.07, 6.45) is 0.708. The number of aliphatic carboxylic acids is 1. The SMILES string of the molecule is CC(C1CCCCC1)C(NC(=O)c1ccc2ccccc2c1OCc1ccc(C(F)(F)F)cc1)C(=O)O. The molecule has 3 aromatic rings. The lowest BCUT2D eigenvalue weighted by atomic mass is 9.77. The number of nitrogens with one attached hydrogen (secondary N) is 1. The number of fused-ring (bicyclic) bond motifs is 1. The second-order valence-electron chi connectivity index (χ2n) is 9.69. The molecule has 2 unspecified atom stereocenters. The van der Waals surface area contributed by atoms with Gasteiger partial charge in [0, 0.05) is 5.39 Å². The average molecular weight is 514 g/mol. The van der Waals surface area contributed by atoms with Crippen LogP contribution in [0.25, 0.3) is 10.8 Å². The summed E-state index contributed by atoms with van der Waals surface area (Å²) in [6, 6.07) is 14.2. The van der Waals surface area contributed by atoms with Crippen molar-refractivity contribution in [3.05, 3.63) is 77.4 Å². The highest BCUT2D eigenvalue weighted by atomic mass is 19.4. The summed E-state index contributed by atoms with van der Waals surface area (Å²) in [5.74, 6) is -1.41. The van der Waals surface area contributed by atoms with E-state index < -0.39 is 29.7 Å². The predicted octanol–water partition coefficient (Wildman–Crippen LogP) is 6.84. The third-order valence-electron chi connectivity index (χ3n) is 7.26. The highest BCUT2D eigenvalue weighted by Crippen LogP contribution is 2.34. The minimum Gasteiger partial charge on any atom is -0.487 e. The largest absolute Gasteiger partial charge is 0.487 e. The molecule has 1 aliphatic rings. The fourth-order valence-electron chi connectivity index (χ4n) is 5.09. The fourth-order valence-corrected chi connectivity index (χ4v) is 5.09. The third kappa shape index (κ3) is 6.24. The molecule has 0 heterocycles. The number of benzene rings is 3. The number of carbonyl (C=O) groups excluding carboxylic acids is 1. The molecule has 0 spiro atoms. The Morgan fingerprint density at radius 3 is 2.32 bits per heavy atom. The molecule has 3 aromatic carbocycles. The lowest BCUT2D eigenvalue weighted by molar-refractivity contribution is -0.141. The summed E-state index contributed by atoms with van der Waals surface area (Å²) < 4.78 is 44.7. The molecule has 0 saturated heterocycles. The first-order chi connectivity index (χ1) is 17.6. The van der Waals surface area contributed by atoms with Crippen molar-refractivity contribution in [2.24, 2.45) is 11.8 Å². The molecular formula is C29H30F3NO4. The first-order valence-electron chi connectivity index (χ1n) is 12.5. The van der Waals surface area contributed by atoms with Crippen molar-refractivity contribution in [3.8, 4) is 5.75 Å². The molecule has 0 radical (unpaired) electrons. The van der Waals surface area contributed by atoms with Crippen molar-refractivity contribution >= 4 is 22.6 Å². The Bertz CT molecular complexity index is 1250. The second-order valence-corrected chi connectivity index (χ2v) is 9.69. The van der Waals surface area contributed by atoms with E-state index in [2.05, 4.69) is 5.32 Å². The highest BCUT2D eigenvalue weighted by molar-refractivity contribution is 6.04. The van der Waals surface area contributed by atoms with Crippen molar-refractivity contribution < 1.29 is 32.6 Å². The van der Waals surface area contributed by atoms with E-state index >= 15 is 0 Å². The van der Waals surface area contributed by atoms with Gasteiger partial charge in [0.1, 0.15) is 18.4 Å². The van der Waals surface area contributed by atoms with Gasteiger partial charge in [-0.25, -0.2) is 4.79 Å². The van der Waals surface area contributed by atoms with E-state index in [9.17, 15) is 27.9 Å². The van der Waals surface area contributed by atoms with Crippen LogP contribution in [-0.4, -0.2) is 23.0 Å². The molecule has 1 saturated carbocycles. The first kappa shape index (κ1) is 26.5. The lowest BCUT2D eigenvalue weighted by Gasteiger charge is -2.32. The number of hydrogen-bond donors (Lipinski definition) is 2. The normalized spacial score (nSPS) is 16.2. The Labute approximate surface area is 213 Å². The maximum Gasteiger partial charge on any atom is 0.416 e. The lowest BCUT2D eigenvalue weighted by Crippen LogP contribution is -2.47. The molecule has 5 nitrogen and oxygen atoms in total. The van der Waals surface area contributed by atoms with Crippen LogP contribution in [0.15, 0.2) is 60.7 Å². The van der Waals surface area contributed by atoms with Gasteiger partial charge in [-0.2, -0.15) is 13.2 Å². The molecule has 196 valence electrons. The third-order valence-corrected chi connectivity index (χ3v) is 7.26. The summed E-state index contributed by atoms with van der Waals surface area (Å²) in [5.41, 5.74) is -0.0809. The number of carbonyl (C=O) groups is 2. The van der Waals surface area contributed by atoms with Crippen LogP contribution in [0.5, 0.6) is 5.75 Å². The zero-order chi connectivity index (χ0) is 26.6. The van der Waals surface area contributed by atoms with Gasteiger partial charge in [-0.3, -0.25) is 4.79 Å². The number of rotatable bonds is 8. The zero-order valence-electron chi connectivity index (χ0n) is 20.6. The average Bonchev–Trinajstić information content (AvgIpc) is 2.89. The number of carboxylic acid groups (broad SMARTS) is 1. The molecule has 8 heteroatoms. The van der Waals surface area contributed by atoms with Crippen LogP contribution in [0.1, 0.15) is 60.5 Å². The zero-order valence-corrected chi connectivity index (χ0v) is 20.6. The predicted molar refractivity (Wildman–Crippen MR) is 134 cm³/mol. The van der Waals surface area contributed by atoms with Gasteiger partial charge >= 0.3 is 12.1 Å². The standard InChI is InChI=1S/C29H30F3NO4/c1-18(20-7-3-2-4-8-20)25(28(35)36)33-27(34)24-16-13-21-9-5-6-10-23(21)26(24)37-17-19-11-14-22(15-12-19)29(30,31)32/h5-6,9-16,18,20,25H,2-4,7-8,17H2,1H3,(H,33,34)(H,35,36). The molecular weight excluding hydrogens is 483 g/mol. The summed E-state index contributed by atoms with van der Waals surface area (Å²) in [5, 5.41) is 14.1. The van der Waals surface area contributed by atoms with Crippen LogP contribution >= 0.6 is 0 Å². The maximum atomic E-state index is 13.4. The Kier molecular flexibility index (Phi) is 8.05. The van der Waals surface area contributed by atoms with E-state index in [1.54, 1.807) is 24.3 Å². The molecule has 1 aliphatic carbocycles. The van der Waals surface area contributed by atoms with Crippen LogP contribution in [0, 0.1) is 11.8 Å². The van der Waals surface area contributed by atoms with Crippen molar-refractivity contribution in [1.29, 1.82) is 0 Å². The van der Waals surface area contributed by atoms with Crippen LogP contribution in [-0.2, 0) is 17.6 Å². The Balaban J connectivity index is 1.59. The van der Waals surface area contributed by atoms with Crippen LogP contribution < -0.4 is 10.1 Å². The number of amides is 1. The van der Waals surface area contributed by atoms with Gasteiger partial charge in [0.05, 0.1) is 11.1 Å². The molecule has 37 heavy (non-hydrogen) atoms. The Morgan fingerprint density at radius 1 is 1.00 bits per heavy atom. The Morgan fingerprint density at radius 2 is 1.68 bits per heavy atom. The van der Waals surface area contributed by atoms with Gasteiger partial charge < -0.3 is 15.2 Å². The fraction of sp³-hybridized carbons (Fsp3) is 0.379. The summed E-state index contributed by atoms with van der Waals surface area (Å²) in [4.78, 5) is 25.5. The van der Waals surface area contributed by atoms with Crippen LogP contribution in [0.3, 0.4) is 0 Å². The van der Waals surface area contributed by atoms with E-state index in [0.29, 0.717) is 10.9 Å². The Hall–Kier alpha value is -3.55. The molecule has 1 amide bonds. The molecule has 0 aliphatic heterocycles. The van der Waals surface area contributed by atoms with Gasteiger partial charge in [0.15, 0.2) is 0 Å². The van der Waals surface area contributed by atoms with Crippen LogP contribution in [0.4, 0.5) is 13.2 Å². The van der Waals surface area contributed by atoms with Gasteiger partial charge in [0.25, 0.3) is 5.91 Å². The molecule has 2 N–H and O–H groups in total. The number of ether oxygens (including phenoxy) is 1. The van der Waals surface area contributed by atoms with E-state index in [0.717, 1.165) is 49.6 Å². The van der Waals surface area contributed by atoms with Gasteiger partial charge in [-0.05, 0) is 41.0 Å². The molecule has 0 bridgehead atoms. The maximum absolute atomic E-state index is 13.4. The smallest absolute Gasteiger partial charge is 0.416 e. The molecule has 1 fully saturated rings. The van der Waals surface area contributed by atoms with Crippen molar-refractivity contribution in [2.75, 3.05) is 0 Å². The van der Waals surface area contributed by atoms with E-state index in [1.807, 2.05) is 19.1 Å². The second kappa shape index (κ2) is 11.2. The van der Waals surface area contributed by atoms with E-state index in [-0.39, 0.29) is 29.8 Å². The topological polar surface area (TPSA) is 75.6 Å². The highest BCUT2D eigenvalue weighted by Gasteiger charge is 2.34. The van der Waals surface area contributed by atoms with E-state index in [4.69, 9.17) is 4.74 Å². The number of halogens is 3.